The van der Waals surface area contributed by atoms with Crippen molar-refractivity contribution in [1.82, 2.24) is 0 Å². The van der Waals surface area contributed by atoms with Crippen molar-refractivity contribution in [3.8, 4) is 17.2 Å². The van der Waals surface area contributed by atoms with E-state index in [1.54, 1.807) is 14.2 Å². The topological polar surface area (TPSA) is 158 Å². The number of methoxy groups -OCH3 is 2. The van der Waals surface area contributed by atoms with Gasteiger partial charge >= 0.3 is 5.69 Å². The van der Waals surface area contributed by atoms with E-state index >= 15 is 0 Å². The maximum absolute atomic E-state index is 14.0. The molecule has 0 bridgehead atoms. The lowest BCUT2D eigenvalue weighted by molar-refractivity contribution is -0.394. The number of hydrogen-bond donors (Lipinski definition) is 2. The Labute approximate surface area is 321 Å². The Morgan fingerprint density at radius 3 is 1.35 bits per heavy atom. The number of hydrogen-bond acceptors (Lipinski definition) is 9. The Balaban J connectivity index is 2.73. The number of aliphatic imine (C=N–C) groups is 1. The third-order valence-corrected chi connectivity index (χ3v) is 10.2. The van der Waals surface area contributed by atoms with Crippen molar-refractivity contribution in [1.29, 1.82) is 0 Å². The normalized spacial score (nSPS) is 14.2. The Hall–Kier alpha value is -4.51. The van der Waals surface area contributed by atoms with Gasteiger partial charge in [-0.25, -0.2) is 0 Å². The van der Waals surface area contributed by atoms with Gasteiger partial charge in [0.2, 0.25) is 5.75 Å². The van der Waals surface area contributed by atoms with Gasteiger partial charge in [0.05, 0.1) is 36.2 Å². The van der Waals surface area contributed by atoms with Gasteiger partial charge in [-0.3, -0.25) is 25.2 Å². The van der Waals surface area contributed by atoms with Crippen LogP contribution in [0.15, 0.2) is 41.4 Å². The summed E-state index contributed by atoms with van der Waals surface area (Å²) >= 11 is 0. The number of ether oxygens (including phenoxy) is 2. The molecule has 3 aromatic rings. The summed E-state index contributed by atoms with van der Waals surface area (Å²) in [4.78, 5) is 27.0. The van der Waals surface area contributed by atoms with E-state index in [9.17, 15) is 30.4 Å². The molecule has 11 nitrogen and oxygen atoms in total. The summed E-state index contributed by atoms with van der Waals surface area (Å²) in [7, 11) is 3.30. The number of nitro groups is 2. The van der Waals surface area contributed by atoms with Gasteiger partial charge in [0, 0.05) is 40.1 Å². The largest absolute Gasteiger partial charge is 0.502 e. The predicted octanol–water partition coefficient (Wildman–Crippen LogP) is 10.2. The first-order chi connectivity index (χ1) is 24.5. The molecule has 54 heavy (non-hydrogen) atoms. The van der Waals surface area contributed by atoms with Crippen LogP contribution >= 0.6 is 0 Å². The highest BCUT2D eigenvalue weighted by atomic mass is 16.6. The molecule has 0 aliphatic heterocycles. The van der Waals surface area contributed by atoms with Crippen molar-refractivity contribution in [2.45, 2.75) is 137 Å². The van der Waals surface area contributed by atoms with Crippen LogP contribution in [0.1, 0.15) is 142 Å². The molecule has 11 heteroatoms. The first kappa shape index (κ1) is 43.9. The number of nitrogens with zero attached hydrogens (tertiary/aromatic N) is 3. The summed E-state index contributed by atoms with van der Waals surface area (Å²) in [6.45, 7) is 29.0. The van der Waals surface area contributed by atoms with E-state index in [0.29, 0.717) is 23.6 Å². The summed E-state index contributed by atoms with van der Waals surface area (Å²) in [5, 5.41) is 48.6. The molecule has 0 saturated carbocycles. The molecule has 2 N–H and O–H groups in total. The van der Waals surface area contributed by atoms with Crippen LogP contribution in [-0.2, 0) is 27.3 Å². The van der Waals surface area contributed by atoms with Crippen LogP contribution in [0.5, 0.6) is 17.2 Å². The van der Waals surface area contributed by atoms with Gasteiger partial charge in [-0.2, -0.15) is 0 Å². The minimum absolute atomic E-state index is 0.215. The number of phenols is 1. The fourth-order valence-electron chi connectivity index (χ4n) is 6.89. The Bertz CT molecular complexity index is 1770. The molecular formula is C43H61N3O8. The molecule has 0 fully saturated rings. The summed E-state index contributed by atoms with van der Waals surface area (Å²) < 4.78 is 12.2. The van der Waals surface area contributed by atoms with Crippen LogP contribution in [0.25, 0.3) is 0 Å². The maximum atomic E-state index is 14.0. The minimum Gasteiger partial charge on any atom is -0.502 e. The number of aromatic hydroxyl groups is 1. The summed E-state index contributed by atoms with van der Waals surface area (Å²) in [5.74, 6) is 0.362. The summed E-state index contributed by atoms with van der Waals surface area (Å²) in [5.41, 5.74) is -0.520. The number of rotatable bonds is 11. The molecule has 2 unspecified atom stereocenters. The zero-order valence-electron chi connectivity index (χ0n) is 35.1. The molecule has 2 atom stereocenters. The Morgan fingerprint density at radius 2 is 1.07 bits per heavy atom. The van der Waals surface area contributed by atoms with Crippen molar-refractivity contribution in [3.63, 3.8) is 0 Å². The van der Waals surface area contributed by atoms with E-state index in [-0.39, 0.29) is 11.5 Å². The monoisotopic (exact) mass is 747 g/mol. The van der Waals surface area contributed by atoms with E-state index in [1.165, 1.54) is 6.21 Å². The van der Waals surface area contributed by atoms with Crippen molar-refractivity contribution in [2.24, 2.45) is 10.9 Å². The van der Waals surface area contributed by atoms with Crippen molar-refractivity contribution >= 4 is 17.6 Å². The van der Waals surface area contributed by atoms with E-state index in [4.69, 9.17) is 14.5 Å². The molecule has 0 aliphatic carbocycles. The van der Waals surface area contributed by atoms with E-state index in [2.05, 4.69) is 83.1 Å². The van der Waals surface area contributed by atoms with Gasteiger partial charge in [-0.05, 0) is 63.0 Å². The first-order valence-corrected chi connectivity index (χ1v) is 18.4. The molecule has 0 radical (unpaired) electrons. The zero-order chi connectivity index (χ0) is 41.5. The predicted molar refractivity (Wildman–Crippen MR) is 216 cm³/mol. The molecular weight excluding hydrogens is 686 g/mol. The van der Waals surface area contributed by atoms with Gasteiger partial charge in [-0.1, -0.05) is 103 Å². The lowest BCUT2D eigenvalue weighted by Crippen LogP contribution is -2.44. The molecule has 0 saturated heterocycles. The van der Waals surface area contributed by atoms with Crippen LogP contribution in [0.3, 0.4) is 0 Å². The molecule has 0 aliphatic rings. The van der Waals surface area contributed by atoms with Gasteiger partial charge in [0.1, 0.15) is 17.1 Å². The SMILES string of the molecule is CCC(C)C(N=Cc1cc([N+](=O)[O-])cc([N+](=O)[O-])c1O)C(O)(c1cc(C(C)(C)C)c(OC)c(C(C)(C)C)c1)c1cc(C(C)(C)C)c(OC)c(C(C)(C)C)c1. The molecule has 0 aromatic heterocycles. The maximum Gasteiger partial charge on any atom is 0.318 e. The van der Waals surface area contributed by atoms with Gasteiger partial charge in [0.25, 0.3) is 5.69 Å². The fraction of sp³-hybridized carbons (Fsp3) is 0.558. The van der Waals surface area contributed by atoms with Crippen molar-refractivity contribution in [3.05, 3.63) is 95.6 Å². The molecule has 0 spiro atoms. The number of nitro benzene ring substituents is 2. The van der Waals surface area contributed by atoms with Crippen molar-refractivity contribution < 1.29 is 29.5 Å². The molecule has 3 rings (SSSR count). The highest BCUT2D eigenvalue weighted by molar-refractivity contribution is 5.87. The average molecular weight is 748 g/mol. The van der Waals surface area contributed by atoms with Crippen LogP contribution in [0.2, 0.25) is 0 Å². The van der Waals surface area contributed by atoms with Crippen LogP contribution in [0, 0.1) is 26.1 Å². The van der Waals surface area contributed by atoms with Gasteiger partial charge in [0.15, 0.2) is 0 Å². The second-order valence-electron chi connectivity index (χ2n) is 18.5. The van der Waals surface area contributed by atoms with E-state index < -0.39 is 60.3 Å². The highest BCUT2D eigenvalue weighted by Crippen LogP contribution is 2.50. The quantitative estimate of drug-likeness (QED) is 0.111. The third-order valence-electron chi connectivity index (χ3n) is 10.2. The summed E-state index contributed by atoms with van der Waals surface area (Å²) in [6.07, 6.45) is 1.77. The smallest absolute Gasteiger partial charge is 0.318 e. The molecule has 3 aromatic carbocycles. The molecule has 0 amide bonds. The van der Waals surface area contributed by atoms with Gasteiger partial charge < -0.3 is 19.7 Å². The standard InChI is InChI=1S/C43H61N3O8/c1-17-25(2)38(44-24-26-18-29(45(49)50)23-34(35(26)47)46(51)52)43(48,27-19-30(39(3,4)5)36(53-15)31(20-27)40(6,7)8)28-21-32(41(9,10)11)37(54-16)33(22-28)42(12,13)14/h18-25,38,47-48H,17H2,1-16H3. The van der Waals surface area contributed by atoms with Gasteiger partial charge in [-0.15, -0.1) is 0 Å². The highest BCUT2D eigenvalue weighted by Gasteiger charge is 2.46. The number of benzene rings is 3. The lowest BCUT2D eigenvalue weighted by Gasteiger charge is -2.42. The minimum atomic E-state index is -1.87. The zero-order valence-corrected chi connectivity index (χ0v) is 35.1. The lowest BCUT2D eigenvalue weighted by atomic mass is 9.68. The Kier molecular flexibility index (Phi) is 12.5. The second-order valence-corrected chi connectivity index (χ2v) is 18.5. The number of non-ortho nitro benzene ring substituents is 1. The molecule has 0 heterocycles. The first-order valence-electron chi connectivity index (χ1n) is 18.4. The van der Waals surface area contributed by atoms with Crippen molar-refractivity contribution in [2.75, 3.05) is 14.2 Å². The third kappa shape index (κ3) is 8.72. The van der Waals surface area contributed by atoms with E-state index in [1.807, 2.05) is 38.1 Å². The number of aliphatic hydroxyl groups is 1. The molecule has 296 valence electrons. The number of phenolic OH excluding ortho intramolecular Hbond substituents is 1. The van der Waals surface area contributed by atoms with E-state index in [0.717, 1.165) is 39.8 Å². The van der Waals surface area contributed by atoms with Crippen LogP contribution < -0.4 is 9.47 Å². The average Bonchev–Trinajstić information content (AvgIpc) is 3.05. The van der Waals surface area contributed by atoms with Crippen LogP contribution in [0.4, 0.5) is 11.4 Å². The summed E-state index contributed by atoms with van der Waals surface area (Å²) in [6, 6.07) is 8.71. The Morgan fingerprint density at radius 1 is 0.704 bits per heavy atom. The van der Waals surface area contributed by atoms with Crippen LogP contribution in [-0.4, -0.2) is 46.5 Å². The second kappa shape index (κ2) is 15.3. The fourth-order valence-corrected chi connectivity index (χ4v) is 6.89.